The molecule has 30 heavy (non-hydrogen) atoms. The minimum Gasteiger partial charge on any atom is -0.435 e. The lowest BCUT2D eigenvalue weighted by molar-refractivity contribution is -0.111. The molecular weight excluding hydrogens is 372 g/mol. The summed E-state index contributed by atoms with van der Waals surface area (Å²) in [5.41, 5.74) is 3.88. The van der Waals surface area contributed by atoms with Gasteiger partial charge in [0.1, 0.15) is 5.52 Å². The first-order chi connectivity index (χ1) is 14.8. The Morgan fingerprint density at radius 2 is 1.60 bits per heavy atom. The van der Waals surface area contributed by atoms with Gasteiger partial charge in [0, 0.05) is 11.5 Å². The highest BCUT2D eigenvalue weighted by Gasteiger charge is 2.14. The van der Waals surface area contributed by atoms with E-state index in [1.165, 1.54) is 6.08 Å². The predicted molar refractivity (Wildman–Crippen MR) is 121 cm³/mol. The molecule has 0 bridgehead atoms. The van der Waals surface area contributed by atoms with Crippen molar-refractivity contribution >= 4 is 39.5 Å². The molecule has 0 aliphatic rings. The Hall–Kier alpha value is -4.18. The normalized spacial score (nSPS) is 11.3. The molecule has 4 aromatic carbocycles. The number of aromatic nitrogens is 1. The number of rotatable bonds is 4. The first-order valence-electron chi connectivity index (χ1n) is 9.70. The van der Waals surface area contributed by atoms with Crippen molar-refractivity contribution < 1.29 is 9.21 Å². The third kappa shape index (κ3) is 3.47. The fourth-order valence-corrected chi connectivity index (χ4v) is 3.46. The maximum Gasteiger partial charge on any atom is 0.248 e. The number of hydrogen-bond acceptors (Lipinski definition) is 3. The molecule has 1 aromatic heterocycles. The van der Waals surface area contributed by atoms with Crippen LogP contribution in [0.5, 0.6) is 0 Å². The zero-order chi connectivity index (χ0) is 20.3. The van der Waals surface area contributed by atoms with Gasteiger partial charge in [0.2, 0.25) is 11.8 Å². The monoisotopic (exact) mass is 390 g/mol. The number of carbonyl (C=O) groups excluding carboxylic acids is 1. The highest BCUT2D eigenvalue weighted by Crippen LogP contribution is 2.33. The number of para-hydroxylation sites is 1. The van der Waals surface area contributed by atoms with Crippen LogP contribution in [0.3, 0.4) is 0 Å². The van der Waals surface area contributed by atoms with Crippen molar-refractivity contribution in [2.75, 3.05) is 5.32 Å². The fraction of sp³-hybridized carbons (Fsp3) is 0. The summed E-state index contributed by atoms with van der Waals surface area (Å²) < 4.78 is 6.14. The number of oxazole rings is 1. The van der Waals surface area contributed by atoms with Gasteiger partial charge in [-0.1, -0.05) is 72.8 Å². The molecule has 5 rings (SSSR count). The lowest BCUT2D eigenvalue weighted by Crippen LogP contribution is -2.08. The van der Waals surface area contributed by atoms with Crippen LogP contribution in [0.1, 0.15) is 5.56 Å². The first kappa shape index (κ1) is 17.9. The Bertz CT molecular complexity index is 1380. The van der Waals surface area contributed by atoms with Crippen molar-refractivity contribution in [3.8, 4) is 11.5 Å². The van der Waals surface area contributed by atoms with E-state index in [0.717, 1.165) is 33.0 Å². The molecule has 1 amide bonds. The second-order valence-corrected chi connectivity index (χ2v) is 6.93. The van der Waals surface area contributed by atoms with Gasteiger partial charge < -0.3 is 9.73 Å². The summed E-state index contributed by atoms with van der Waals surface area (Å²) in [7, 11) is 0. The van der Waals surface area contributed by atoms with Gasteiger partial charge in [0.25, 0.3) is 0 Å². The summed E-state index contributed by atoms with van der Waals surface area (Å²) in [6.45, 7) is 0. The Labute approximate surface area is 173 Å². The molecule has 0 spiro atoms. The van der Waals surface area contributed by atoms with Gasteiger partial charge in [-0.05, 0) is 35.2 Å². The molecule has 0 saturated carbocycles. The van der Waals surface area contributed by atoms with E-state index in [0.29, 0.717) is 11.6 Å². The van der Waals surface area contributed by atoms with Crippen molar-refractivity contribution in [3.05, 3.63) is 103 Å². The number of benzene rings is 4. The quantitative estimate of drug-likeness (QED) is 0.366. The van der Waals surface area contributed by atoms with E-state index in [-0.39, 0.29) is 5.91 Å². The average Bonchev–Trinajstić information content (AvgIpc) is 3.23. The van der Waals surface area contributed by atoms with Gasteiger partial charge >= 0.3 is 0 Å². The number of amides is 1. The molecule has 1 heterocycles. The molecule has 0 unspecified atom stereocenters. The molecule has 0 atom stereocenters. The summed E-state index contributed by atoms with van der Waals surface area (Å²) in [6, 6.07) is 29.2. The Balaban J connectivity index is 1.48. The van der Waals surface area contributed by atoms with Crippen LogP contribution in [0.15, 0.2) is 101 Å². The minimum absolute atomic E-state index is 0.215. The van der Waals surface area contributed by atoms with Crippen LogP contribution in [0.25, 0.3) is 39.4 Å². The van der Waals surface area contributed by atoms with E-state index in [2.05, 4.69) is 10.3 Å². The van der Waals surface area contributed by atoms with Crippen molar-refractivity contribution in [3.63, 3.8) is 0 Å². The van der Waals surface area contributed by atoms with E-state index in [1.807, 2.05) is 91.0 Å². The van der Waals surface area contributed by atoms with Gasteiger partial charge in [-0.2, -0.15) is 0 Å². The molecule has 1 N–H and O–H groups in total. The summed E-state index contributed by atoms with van der Waals surface area (Å²) in [5.74, 6) is 0.261. The molecule has 0 radical (unpaired) electrons. The Kier molecular flexibility index (Phi) is 4.58. The Morgan fingerprint density at radius 3 is 2.50 bits per heavy atom. The van der Waals surface area contributed by atoms with Gasteiger partial charge in [-0.25, -0.2) is 4.98 Å². The molecule has 5 aromatic rings. The van der Waals surface area contributed by atoms with Crippen LogP contribution in [0, 0.1) is 0 Å². The summed E-state index contributed by atoms with van der Waals surface area (Å²) in [5, 5.41) is 5.05. The second-order valence-electron chi connectivity index (χ2n) is 6.93. The predicted octanol–water partition coefficient (Wildman–Crippen LogP) is 6.30. The van der Waals surface area contributed by atoms with Gasteiger partial charge in [-0.15, -0.1) is 0 Å². The first-order valence-corrected chi connectivity index (χ1v) is 9.70. The van der Waals surface area contributed by atoms with Crippen molar-refractivity contribution in [2.45, 2.75) is 0 Å². The number of nitrogens with zero attached hydrogens (tertiary/aromatic N) is 1. The number of hydrogen-bond donors (Lipinski definition) is 1. The van der Waals surface area contributed by atoms with E-state index in [4.69, 9.17) is 4.42 Å². The maximum absolute atomic E-state index is 12.5. The van der Waals surface area contributed by atoms with Crippen LogP contribution >= 0.6 is 0 Å². The summed E-state index contributed by atoms with van der Waals surface area (Å²) in [4.78, 5) is 17.1. The van der Waals surface area contributed by atoms with Crippen LogP contribution in [0.4, 0.5) is 5.69 Å². The minimum atomic E-state index is -0.215. The average molecular weight is 390 g/mol. The molecular formula is C26H18N2O2. The summed E-state index contributed by atoms with van der Waals surface area (Å²) >= 11 is 0. The van der Waals surface area contributed by atoms with Crippen LogP contribution in [-0.4, -0.2) is 10.9 Å². The number of carbonyl (C=O) groups is 1. The maximum atomic E-state index is 12.5. The van der Waals surface area contributed by atoms with Gasteiger partial charge in [0.15, 0.2) is 5.58 Å². The largest absolute Gasteiger partial charge is 0.435 e. The number of nitrogens with one attached hydrogen (secondary N) is 1. The molecule has 0 aliphatic heterocycles. The topological polar surface area (TPSA) is 55.1 Å². The molecule has 0 aliphatic carbocycles. The van der Waals surface area contributed by atoms with E-state index in [9.17, 15) is 4.79 Å². The molecule has 4 heteroatoms. The lowest BCUT2D eigenvalue weighted by atomic mass is 10.1. The molecule has 4 nitrogen and oxygen atoms in total. The molecule has 0 fully saturated rings. The highest BCUT2D eigenvalue weighted by atomic mass is 16.3. The zero-order valence-corrected chi connectivity index (χ0v) is 16.1. The van der Waals surface area contributed by atoms with Crippen LogP contribution in [-0.2, 0) is 4.79 Å². The standard InChI is InChI=1S/C26H18N2O2/c29-24(17-14-18-8-2-1-3-9-18)27-22-13-7-6-12-21(22)26-28-23-16-15-19-10-4-5-11-20(19)25(23)30-26/h1-17H,(H,27,29). The molecule has 144 valence electrons. The molecule has 0 saturated heterocycles. The third-order valence-corrected chi connectivity index (χ3v) is 4.92. The van der Waals surface area contributed by atoms with Crippen LogP contribution in [0.2, 0.25) is 0 Å². The van der Waals surface area contributed by atoms with E-state index in [1.54, 1.807) is 6.08 Å². The van der Waals surface area contributed by atoms with Gasteiger partial charge in [0.05, 0.1) is 11.3 Å². The second kappa shape index (κ2) is 7.68. The van der Waals surface area contributed by atoms with E-state index < -0.39 is 0 Å². The fourth-order valence-electron chi connectivity index (χ4n) is 3.46. The van der Waals surface area contributed by atoms with E-state index >= 15 is 0 Å². The zero-order valence-electron chi connectivity index (χ0n) is 16.1. The van der Waals surface area contributed by atoms with Crippen molar-refractivity contribution in [2.24, 2.45) is 0 Å². The smallest absolute Gasteiger partial charge is 0.248 e. The summed E-state index contributed by atoms with van der Waals surface area (Å²) in [6.07, 6.45) is 3.30. The Morgan fingerprint density at radius 1 is 0.833 bits per heavy atom. The number of anilines is 1. The van der Waals surface area contributed by atoms with Crippen molar-refractivity contribution in [1.82, 2.24) is 4.98 Å². The van der Waals surface area contributed by atoms with Crippen LogP contribution < -0.4 is 5.32 Å². The lowest BCUT2D eigenvalue weighted by Gasteiger charge is -2.06. The number of fused-ring (bicyclic) bond motifs is 3. The third-order valence-electron chi connectivity index (χ3n) is 4.92. The van der Waals surface area contributed by atoms with Gasteiger partial charge in [-0.3, -0.25) is 4.79 Å². The van der Waals surface area contributed by atoms with Crippen molar-refractivity contribution in [1.29, 1.82) is 0 Å². The highest BCUT2D eigenvalue weighted by molar-refractivity contribution is 6.05. The SMILES string of the molecule is O=C(C=Cc1ccccc1)Nc1ccccc1-c1nc2ccc3ccccc3c2o1.